The molecule has 5 aliphatic heterocycles. The third-order valence-electron chi connectivity index (χ3n) is 5.12. The maximum Gasteiger partial charge on any atom is 0.0737 e. The second kappa shape index (κ2) is 6.71. The molecule has 0 saturated heterocycles. The summed E-state index contributed by atoms with van der Waals surface area (Å²) in [6, 6.07) is 10.3. The van der Waals surface area contributed by atoms with E-state index in [-0.39, 0.29) is 0 Å². The second-order valence-corrected chi connectivity index (χ2v) is 7.31. The summed E-state index contributed by atoms with van der Waals surface area (Å²) in [5.74, 6) is 0. The molecule has 0 unspecified atom stereocenters. The van der Waals surface area contributed by atoms with Gasteiger partial charge < -0.3 is 0 Å². The van der Waals surface area contributed by atoms with E-state index < -0.39 is 0 Å². The van der Waals surface area contributed by atoms with Crippen LogP contribution in [0.3, 0.4) is 0 Å². The van der Waals surface area contributed by atoms with Crippen molar-refractivity contribution in [3.05, 3.63) is 126 Å². The Bertz CT molecular complexity index is 1340. The van der Waals surface area contributed by atoms with Gasteiger partial charge in [0.15, 0.2) is 0 Å². The minimum Gasteiger partial charge on any atom is -0.249 e. The SMILES string of the molecule is C1=CC2=NC1=CC1=NC(=CC3=NC(=CC4=NC(=C2)C=C4)C(c2ccccc2)=C3)C=C1. The lowest BCUT2D eigenvalue weighted by Gasteiger charge is -2.03. The van der Waals surface area contributed by atoms with E-state index in [1.54, 1.807) is 0 Å². The van der Waals surface area contributed by atoms with Crippen LogP contribution in [0.25, 0.3) is 5.57 Å². The van der Waals surface area contributed by atoms with Crippen molar-refractivity contribution >= 4 is 28.4 Å². The highest BCUT2D eigenvalue weighted by molar-refractivity contribution is 6.19. The van der Waals surface area contributed by atoms with Crippen molar-refractivity contribution in [2.45, 2.75) is 0 Å². The topological polar surface area (TPSA) is 49.4 Å². The first kappa shape index (κ1) is 16.7. The average molecular weight is 384 g/mol. The number of benzene rings is 1. The summed E-state index contributed by atoms with van der Waals surface area (Å²) < 4.78 is 0. The molecule has 4 nitrogen and oxygen atoms in total. The fraction of sp³-hybridized carbons (Fsp3) is 0. The lowest BCUT2D eigenvalue weighted by Crippen LogP contribution is -1.90. The van der Waals surface area contributed by atoms with Crippen LogP contribution in [0.2, 0.25) is 0 Å². The Hall–Kier alpha value is -4.18. The van der Waals surface area contributed by atoms with Crippen LogP contribution in [0.1, 0.15) is 5.56 Å². The van der Waals surface area contributed by atoms with Crippen LogP contribution in [-0.2, 0) is 0 Å². The first-order valence-electron chi connectivity index (χ1n) is 9.82. The maximum atomic E-state index is 4.87. The number of fused-ring (bicyclic) bond motifs is 4. The summed E-state index contributed by atoms with van der Waals surface area (Å²) in [5, 5.41) is 0. The lowest BCUT2D eigenvalue weighted by molar-refractivity contribution is 1.41. The van der Waals surface area contributed by atoms with E-state index >= 15 is 0 Å². The fourth-order valence-corrected chi connectivity index (χ4v) is 3.75. The van der Waals surface area contributed by atoms with E-state index in [0.717, 1.165) is 56.8 Å². The van der Waals surface area contributed by atoms with Crippen molar-refractivity contribution in [3.8, 4) is 0 Å². The van der Waals surface area contributed by atoms with Gasteiger partial charge in [-0.15, -0.1) is 0 Å². The van der Waals surface area contributed by atoms with Gasteiger partial charge in [0.2, 0.25) is 0 Å². The molecule has 4 heteroatoms. The van der Waals surface area contributed by atoms with Crippen LogP contribution < -0.4 is 0 Å². The molecule has 5 heterocycles. The van der Waals surface area contributed by atoms with Crippen LogP contribution in [0.4, 0.5) is 0 Å². The van der Waals surface area contributed by atoms with E-state index in [0.29, 0.717) is 0 Å². The van der Waals surface area contributed by atoms with Gasteiger partial charge in [0.1, 0.15) is 0 Å². The lowest BCUT2D eigenvalue weighted by atomic mass is 10.0. The second-order valence-electron chi connectivity index (χ2n) is 7.31. The first-order chi connectivity index (χ1) is 14.8. The van der Waals surface area contributed by atoms with Crippen LogP contribution in [0.5, 0.6) is 0 Å². The van der Waals surface area contributed by atoms with E-state index in [1.807, 2.05) is 79.0 Å². The molecule has 0 radical (unpaired) electrons. The predicted molar refractivity (Wildman–Crippen MR) is 124 cm³/mol. The molecule has 1 aromatic carbocycles. The Morgan fingerprint density at radius 3 is 1.57 bits per heavy atom. The molecule has 140 valence electrons. The Morgan fingerprint density at radius 2 is 0.967 bits per heavy atom. The Labute approximate surface area is 174 Å². The zero-order valence-electron chi connectivity index (χ0n) is 16.0. The summed E-state index contributed by atoms with van der Waals surface area (Å²) in [5.41, 5.74) is 9.28. The molecular weight excluding hydrogens is 368 g/mol. The Kier molecular flexibility index (Phi) is 3.74. The number of allylic oxidation sites excluding steroid dienone is 12. The van der Waals surface area contributed by atoms with E-state index in [4.69, 9.17) is 15.0 Å². The maximum absolute atomic E-state index is 4.87. The smallest absolute Gasteiger partial charge is 0.0737 e. The Morgan fingerprint density at radius 1 is 0.433 bits per heavy atom. The van der Waals surface area contributed by atoms with E-state index in [9.17, 15) is 0 Å². The summed E-state index contributed by atoms with van der Waals surface area (Å²) in [4.78, 5) is 18.9. The summed E-state index contributed by atoms with van der Waals surface area (Å²) in [6.45, 7) is 0. The third kappa shape index (κ3) is 3.14. The zero-order chi connectivity index (χ0) is 19.9. The number of aliphatic imine (C=N–C) groups is 4. The monoisotopic (exact) mass is 384 g/mol. The van der Waals surface area contributed by atoms with Gasteiger partial charge in [-0.05, 0) is 72.4 Å². The molecule has 0 aromatic heterocycles. The fourth-order valence-electron chi connectivity index (χ4n) is 3.75. The molecule has 0 atom stereocenters. The van der Waals surface area contributed by atoms with Gasteiger partial charge in [0, 0.05) is 5.57 Å². The third-order valence-corrected chi connectivity index (χ3v) is 5.12. The van der Waals surface area contributed by atoms with Gasteiger partial charge in [-0.3, -0.25) is 0 Å². The molecule has 30 heavy (non-hydrogen) atoms. The molecule has 8 bridgehead atoms. The minimum absolute atomic E-state index is 0.877. The van der Waals surface area contributed by atoms with Crippen molar-refractivity contribution in [2.24, 2.45) is 20.0 Å². The van der Waals surface area contributed by atoms with Crippen LogP contribution >= 0.6 is 0 Å². The minimum atomic E-state index is 0.877. The van der Waals surface area contributed by atoms with Crippen molar-refractivity contribution in [2.75, 3.05) is 0 Å². The van der Waals surface area contributed by atoms with E-state index in [1.165, 1.54) is 0 Å². The normalized spacial score (nSPS) is 20.7. The largest absolute Gasteiger partial charge is 0.249 e. The molecule has 1 aromatic rings. The van der Waals surface area contributed by atoms with Gasteiger partial charge in [0.05, 0.1) is 45.6 Å². The van der Waals surface area contributed by atoms with Gasteiger partial charge >= 0.3 is 0 Å². The Balaban J connectivity index is 1.51. The number of hydrogen-bond acceptors (Lipinski definition) is 4. The van der Waals surface area contributed by atoms with Gasteiger partial charge in [-0.2, -0.15) is 0 Å². The van der Waals surface area contributed by atoms with Gasteiger partial charge in [-0.1, -0.05) is 30.3 Å². The molecule has 0 aliphatic carbocycles. The molecule has 0 fully saturated rings. The van der Waals surface area contributed by atoms with Gasteiger partial charge in [-0.25, -0.2) is 20.0 Å². The van der Waals surface area contributed by atoms with Crippen molar-refractivity contribution in [3.63, 3.8) is 0 Å². The first-order valence-corrected chi connectivity index (χ1v) is 9.82. The van der Waals surface area contributed by atoms with Crippen LogP contribution in [0.15, 0.2) is 140 Å². The highest BCUT2D eigenvalue weighted by atomic mass is 14.8. The molecule has 0 saturated carbocycles. The molecule has 0 spiro atoms. The number of rotatable bonds is 1. The summed E-state index contributed by atoms with van der Waals surface area (Å²) >= 11 is 0. The van der Waals surface area contributed by atoms with Crippen molar-refractivity contribution < 1.29 is 0 Å². The predicted octanol–water partition coefficient (Wildman–Crippen LogP) is 5.11. The molecule has 6 rings (SSSR count). The summed E-state index contributed by atoms with van der Waals surface area (Å²) in [7, 11) is 0. The highest BCUT2D eigenvalue weighted by Crippen LogP contribution is 2.31. The van der Waals surface area contributed by atoms with Crippen molar-refractivity contribution in [1.82, 2.24) is 0 Å². The van der Waals surface area contributed by atoms with Gasteiger partial charge in [0.25, 0.3) is 0 Å². The molecular formula is C26H16N4. The standard InChI is InChI=1S/C26H16N4/c1-2-4-17(5-3-1)25-15-24-14-22-9-8-20(28-22)12-18-6-7-19(27-18)13-21-10-11-23(29-21)16-26(25)30-24/h1-16H. The number of hydrogen-bond donors (Lipinski definition) is 0. The zero-order valence-corrected chi connectivity index (χ0v) is 16.0. The summed E-state index contributed by atoms with van der Waals surface area (Å²) in [6.07, 6.45) is 22.1. The number of nitrogens with zero attached hydrogens (tertiary/aromatic N) is 4. The molecule has 5 aliphatic rings. The highest BCUT2D eigenvalue weighted by Gasteiger charge is 2.18. The van der Waals surface area contributed by atoms with E-state index in [2.05, 4.69) is 23.2 Å². The molecule has 0 N–H and O–H groups in total. The average Bonchev–Trinajstić information content (AvgIpc) is 3.53. The van der Waals surface area contributed by atoms with Crippen LogP contribution in [0, 0.1) is 0 Å². The van der Waals surface area contributed by atoms with Crippen LogP contribution in [-0.4, -0.2) is 22.8 Å². The van der Waals surface area contributed by atoms with Crippen molar-refractivity contribution in [1.29, 1.82) is 0 Å². The molecule has 0 amide bonds. The quantitative estimate of drug-likeness (QED) is 0.646.